The second kappa shape index (κ2) is 8.16. The molecule has 0 unspecified atom stereocenters. The van der Waals surface area contributed by atoms with E-state index in [9.17, 15) is 25.4 Å². The van der Waals surface area contributed by atoms with E-state index < -0.39 is 21.2 Å². The van der Waals surface area contributed by atoms with Crippen LogP contribution >= 0.6 is 0 Å². The molecular weight excluding hydrogens is 372 g/mol. The number of hydrogen-bond acceptors (Lipinski definition) is 8. The lowest BCUT2D eigenvalue weighted by Gasteiger charge is -2.32. The molecule has 1 heterocycles. The van der Waals surface area contributed by atoms with Crippen LogP contribution in [-0.4, -0.2) is 46.0 Å². The Balaban J connectivity index is 1.65. The number of nitro benzene ring substituents is 2. The molecule has 1 fully saturated rings. The topological polar surface area (TPSA) is 140 Å². The summed E-state index contributed by atoms with van der Waals surface area (Å²) in [6.07, 6.45) is 0. The molecule has 0 N–H and O–H groups in total. The van der Waals surface area contributed by atoms with Gasteiger partial charge in [-0.05, 0) is 18.2 Å². The van der Waals surface area contributed by atoms with Crippen molar-refractivity contribution >= 4 is 17.1 Å². The molecule has 0 spiro atoms. The van der Waals surface area contributed by atoms with Crippen molar-refractivity contribution in [2.75, 3.05) is 31.1 Å². The fourth-order valence-corrected chi connectivity index (χ4v) is 2.73. The van der Waals surface area contributed by atoms with Gasteiger partial charge in [0.1, 0.15) is 0 Å². The van der Waals surface area contributed by atoms with Crippen LogP contribution in [0.4, 0.5) is 17.1 Å². The summed E-state index contributed by atoms with van der Waals surface area (Å²) >= 11 is 0. The predicted octanol–water partition coefficient (Wildman–Crippen LogP) is 2.50. The van der Waals surface area contributed by atoms with E-state index in [0.717, 1.165) is 23.9 Å². The minimum absolute atomic E-state index is 0.230. The zero-order chi connectivity index (χ0) is 20.1. The number of nitrogens with zero attached hydrogens (tertiary/aromatic N) is 6. The van der Waals surface area contributed by atoms with Crippen LogP contribution in [0.15, 0.2) is 53.8 Å². The van der Waals surface area contributed by atoms with Gasteiger partial charge in [0, 0.05) is 24.8 Å². The zero-order valence-corrected chi connectivity index (χ0v) is 14.6. The third-order valence-electron chi connectivity index (χ3n) is 4.18. The van der Waals surface area contributed by atoms with Crippen LogP contribution in [0.25, 0.3) is 0 Å². The fraction of sp³-hybridized carbons (Fsp3) is 0.250. The Hall–Kier alpha value is -3.96. The number of nitro groups is 2. The van der Waals surface area contributed by atoms with Gasteiger partial charge in [0.05, 0.1) is 34.0 Å². The van der Waals surface area contributed by atoms with Crippen LogP contribution in [0.2, 0.25) is 0 Å². The number of anilines is 1. The Labute approximate surface area is 158 Å². The highest BCUT2D eigenvalue weighted by Gasteiger charge is 2.25. The molecule has 2 aromatic carbocycles. The lowest BCUT2D eigenvalue weighted by atomic mass is 10.2. The first-order valence-corrected chi connectivity index (χ1v) is 8.28. The number of hydrazine groups is 1. The summed E-state index contributed by atoms with van der Waals surface area (Å²) in [6.45, 7) is 1.95. The molecule has 12 heteroatoms. The highest BCUT2D eigenvalue weighted by Crippen LogP contribution is 2.31. The maximum absolute atomic E-state index is 12.1. The van der Waals surface area contributed by atoms with Crippen molar-refractivity contribution in [1.29, 1.82) is 0 Å². The summed E-state index contributed by atoms with van der Waals surface area (Å²) < 4.78 is 0. The number of hydrogen-bond donors (Lipinski definition) is 0. The van der Waals surface area contributed by atoms with Gasteiger partial charge in [0.25, 0.3) is 5.69 Å². The number of benzene rings is 2. The highest BCUT2D eigenvalue weighted by molar-refractivity contribution is 5.53. The minimum Gasteiger partial charge on any atom is -0.569 e. The lowest BCUT2D eigenvalue weighted by Crippen LogP contribution is -2.49. The first-order valence-electron chi connectivity index (χ1n) is 8.28. The van der Waals surface area contributed by atoms with Crippen LogP contribution < -0.4 is 9.74 Å². The second-order valence-electron chi connectivity index (χ2n) is 5.87. The molecule has 0 aliphatic carbocycles. The zero-order valence-electron chi connectivity index (χ0n) is 14.6. The molecule has 1 aliphatic rings. The third-order valence-corrected chi connectivity index (χ3v) is 4.18. The summed E-state index contributed by atoms with van der Waals surface area (Å²) in [6, 6.07) is 12.6. The number of piperazine rings is 1. The molecule has 0 amide bonds. The van der Waals surface area contributed by atoms with Gasteiger partial charge in [0.15, 0.2) is 0 Å². The Kier molecular flexibility index (Phi) is 5.48. The molecule has 0 saturated carbocycles. The molecule has 0 bridgehead atoms. The molecular formula is C16H16N6O6. The van der Waals surface area contributed by atoms with E-state index in [0.29, 0.717) is 26.2 Å². The standard InChI is InChI=1S/C16H16N6O6/c23-20(24)14-6-7-16(15(12-14)21(25)26)28-17-22(27)19-10-8-18(9-11-19)13-4-2-1-3-5-13/h1-7,12H,8-11H2/b22-17+. The van der Waals surface area contributed by atoms with Crippen LogP contribution in [-0.2, 0) is 0 Å². The molecule has 1 aliphatic heterocycles. The summed E-state index contributed by atoms with van der Waals surface area (Å²) in [5, 5.41) is 38.7. The molecule has 12 nitrogen and oxygen atoms in total. The summed E-state index contributed by atoms with van der Waals surface area (Å²) in [5.74, 6) is -0.362. The van der Waals surface area contributed by atoms with Crippen molar-refractivity contribution in [2.45, 2.75) is 0 Å². The van der Waals surface area contributed by atoms with Crippen LogP contribution in [0.5, 0.6) is 5.75 Å². The van der Waals surface area contributed by atoms with Crippen molar-refractivity contribution < 1.29 is 19.7 Å². The molecule has 28 heavy (non-hydrogen) atoms. The molecule has 146 valence electrons. The summed E-state index contributed by atoms with van der Waals surface area (Å²) in [4.78, 5) is 27.4. The average molecular weight is 388 g/mol. The van der Waals surface area contributed by atoms with Gasteiger partial charge in [-0.25, -0.2) is 0 Å². The number of rotatable bonds is 6. The SMILES string of the molecule is O=[N+]([O-])c1ccc(O/N=[N+](/[O-])N2CCN(c3ccccc3)CC2)c([N+](=O)[O-])c1. The van der Waals surface area contributed by atoms with E-state index in [-0.39, 0.29) is 10.7 Å². The Morgan fingerprint density at radius 1 is 0.893 bits per heavy atom. The van der Waals surface area contributed by atoms with E-state index in [1.807, 2.05) is 30.3 Å². The molecule has 2 aromatic rings. The van der Waals surface area contributed by atoms with E-state index in [2.05, 4.69) is 10.2 Å². The summed E-state index contributed by atoms with van der Waals surface area (Å²) in [5.41, 5.74) is -0.0652. The lowest BCUT2D eigenvalue weighted by molar-refractivity contribution is -0.707. The Bertz CT molecular complexity index is 898. The van der Waals surface area contributed by atoms with Crippen molar-refractivity contribution in [3.05, 3.63) is 74.0 Å². The van der Waals surface area contributed by atoms with Gasteiger partial charge < -0.3 is 10.1 Å². The van der Waals surface area contributed by atoms with Gasteiger partial charge in [-0.3, -0.25) is 25.1 Å². The highest BCUT2D eigenvalue weighted by atomic mass is 16.7. The predicted molar refractivity (Wildman–Crippen MR) is 96.7 cm³/mol. The normalized spacial score (nSPS) is 14.6. The maximum atomic E-state index is 12.1. The number of para-hydroxylation sites is 1. The number of non-ortho nitro benzene ring substituents is 1. The van der Waals surface area contributed by atoms with Crippen molar-refractivity contribution in [3.8, 4) is 5.75 Å². The first-order chi connectivity index (χ1) is 13.5. The van der Waals surface area contributed by atoms with E-state index in [1.54, 1.807) is 0 Å². The molecule has 1 saturated heterocycles. The van der Waals surface area contributed by atoms with Crippen LogP contribution in [0, 0.1) is 25.4 Å². The Morgan fingerprint density at radius 3 is 2.18 bits per heavy atom. The fourth-order valence-electron chi connectivity index (χ4n) is 2.73. The van der Waals surface area contributed by atoms with Crippen LogP contribution in [0.3, 0.4) is 0 Å². The van der Waals surface area contributed by atoms with Gasteiger partial charge in [0.2, 0.25) is 11.0 Å². The van der Waals surface area contributed by atoms with Gasteiger partial charge in [-0.1, -0.05) is 18.2 Å². The monoisotopic (exact) mass is 388 g/mol. The minimum atomic E-state index is -0.842. The van der Waals surface area contributed by atoms with Crippen molar-refractivity contribution in [3.63, 3.8) is 0 Å². The van der Waals surface area contributed by atoms with E-state index >= 15 is 0 Å². The first kappa shape index (κ1) is 18.8. The van der Waals surface area contributed by atoms with Crippen molar-refractivity contribution in [2.24, 2.45) is 5.28 Å². The van der Waals surface area contributed by atoms with Gasteiger partial charge in [-0.15, -0.1) is 5.01 Å². The van der Waals surface area contributed by atoms with Gasteiger partial charge in [-0.2, -0.15) is 0 Å². The smallest absolute Gasteiger partial charge is 0.321 e. The Morgan fingerprint density at radius 2 is 1.57 bits per heavy atom. The summed E-state index contributed by atoms with van der Waals surface area (Å²) in [7, 11) is 0. The van der Waals surface area contributed by atoms with E-state index in [1.165, 1.54) is 5.01 Å². The third kappa shape index (κ3) is 4.23. The quantitative estimate of drug-likeness (QED) is 0.318. The van der Waals surface area contributed by atoms with Crippen molar-refractivity contribution in [1.82, 2.24) is 5.01 Å². The van der Waals surface area contributed by atoms with Gasteiger partial charge >= 0.3 is 5.69 Å². The molecule has 0 atom stereocenters. The maximum Gasteiger partial charge on any atom is 0.321 e. The molecule has 0 radical (unpaired) electrons. The largest absolute Gasteiger partial charge is 0.569 e. The molecule has 3 rings (SSSR count). The second-order valence-corrected chi connectivity index (χ2v) is 5.87. The average Bonchev–Trinajstić information content (AvgIpc) is 2.72. The van der Waals surface area contributed by atoms with E-state index in [4.69, 9.17) is 4.84 Å². The van der Waals surface area contributed by atoms with Crippen LogP contribution in [0.1, 0.15) is 0 Å². The molecule has 0 aromatic heterocycles.